The van der Waals surface area contributed by atoms with E-state index < -0.39 is 4.92 Å². The zero-order valence-electron chi connectivity index (χ0n) is 10.3. The number of nitrogens with one attached hydrogen (secondary N) is 1. The summed E-state index contributed by atoms with van der Waals surface area (Å²) >= 11 is 11.8. The molecule has 1 heterocycles. The molecule has 1 aromatic carbocycles. The quantitative estimate of drug-likeness (QED) is 0.678. The molecular weight excluding hydrogens is 305 g/mol. The molecule has 0 fully saturated rings. The van der Waals surface area contributed by atoms with Crippen LogP contribution in [0.3, 0.4) is 0 Å². The van der Waals surface area contributed by atoms with Gasteiger partial charge in [0, 0.05) is 13.1 Å². The fourth-order valence-electron chi connectivity index (χ4n) is 1.45. The molecule has 0 radical (unpaired) electrons. The predicted molar refractivity (Wildman–Crippen MR) is 77.0 cm³/mol. The molecule has 2 aromatic rings. The molecule has 1 N–H and O–H groups in total. The number of ether oxygens (including phenoxy) is 1. The van der Waals surface area contributed by atoms with Gasteiger partial charge in [-0.15, -0.1) is 0 Å². The molecule has 0 aliphatic heterocycles. The fraction of sp³-hybridized carbons (Fsp3) is 0.0833. The van der Waals surface area contributed by atoms with Crippen LogP contribution in [0.25, 0.3) is 0 Å². The van der Waals surface area contributed by atoms with Crippen LogP contribution in [0, 0.1) is 10.1 Å². The van der Waals surface area contributed by atoms with Crippen molar-refractivity contribution >= 4 is 34.7 Å². The number of nitro groups is 1. The van der Waals surface area contributed by atoms with Gasteiger partial charge in [-0.25, -0.2) is 0 Å². The first-order valence-electron chi connectivity index (χ1n) is 5.48. The number of benzene rings is 1. The Balaban J connectivity index is 2.46. The van der Waals surface area contributed by atoms with Crippen LogP contribution < -0.4 is 10.1 Å². The average Bonchev–Trinajstić information content (AvgIpc) is 2.43. The Morgan fingerprint density at radius 2 is 2.05 bits per heavy atom. The topological polar surface area (TPSA) is 77.3 Å². The third-order valence-corrected chi connectivity index (χ3v) is 3.22. The second kappa shape index (κ2) is 5.94. The van der Waals surface area contributed by atoms with Crippen LogP contribution in [0.15, 0.2) is 30.3 Å². The summed E-state index contributed by atoms with van der Waals surface area (Å²) in [6, 6.07) is 7.53. The SMILES string of the molecule is CNc1ccc([N+](=O)[O-])c(Oc2cccc(Cl)c2Cl)n1. The number of anilines is 1. The van der Waals surface area contributed by atoms with Gasteiger partial charge in [0.15, 0.2) is 0 Å². The maximum absolute atomic E-state index is 11.0. The molecule has 6 nitrogen and oxygen atoms in total. The Kier molecular flexibility index (Phi) is 4.26. The number of aromatic nitrogens is 1. The molecule has 8 heteroatoms. The van der Waals surface area contributed by atoms with Gasteiger partial charge in [-0.05, 0) is 18.2 Å². The maximum atomic E-state index is 11.0. The average molecular weight is 314 g/mol. The predicted octanol–water partition coefficient (Wildman–Crippen LogP) is 4.13. The van der Waals surface area contributed by atoms with Crippen molar-refractivity contribution in [3.05, 3.63) is 50.5 Å². The van der Waals surface area contributed by atoms with Crippen molar-refractivity contribution in [1.29, 1.82) is 0 Å². The van der Waals surface area contributed by atoms with Crippen LogP contribution in [0.5, 0.6) is 11.6 Å². The molecule has 0 spiro atoms. The van der Waals surface area contributed by atoms with Gasteiger partial charge in [-0.1, -0.05) is 29.3 Å². The van der Waals surface area contributed by atoms with E-state index in [0.717, 1.165) is 0 Å². The minimum absolute atomic E-state index is 0.161. The van der Waals surface area contributed by atoms with Crippen molar-refractivity contribution in [1.82, 2.24) is 4.98 Å². The van der Waals surface area contributed by atoms with Crippen molar-refractivity contribution in [3.8, 4) is 11.6 Å². The Morgan fingerprint density at radius 3 is 2.70 bits per heavy atom. The van der Waals surface area contributed by atoms with Crippen LogP contribution in [0.2, 0.25) is 10.0 Å². The second-order valence-corrected chi connectivity index (χ2v) is 4.47. The monoisotopic (exact) mass is 313 g/mol. The van der Waals surface area contributed by atoms with Gasteiger partial charge in [-0.2, -0.15) is 4.98 Å². The van der Waals surface area contributed by atoms with E-state index in [4.69, 9.17) is 27.9 Å². The molecule has 0 saturated heterocycles. The molecule has 0 bridgehead atoms. The highest BCUT2D eigenvalue weighted by molar-refractivity contribution is 6.42. The van der Waals surface area contributed by atoms with Crippen molar-refractivity contribution in [2.75, 3.05) is 12.4 Å². The Hall–Kier alpha value is -2.05. The lowest BCUT2D eigenvalue weighted by molar-refractivity contribution is -0.386. The van der Waals surface area contributed by atoms with E-state index >= 15 is 0 Å². The van der Waals surface area contributed by atoms with Gasteiger partial charge in [0.25, 0.3) is 0 Å². The van der Waals surface area contributed by atoms with Crippen LogP contribution in [0.1, 0.15) is 0 Å². The fourth-order valence-corrected chi connectivity index (χ4v) is 1.78. The number of rotatable bonds is 4. The van der Waals surface area contributed by atoms with Gasteiger partial charge in [-0.3, -0.25) is 10.1 Å². The number of pyridine rings is 1. The van der Waals surface area contributed by atoms with Crippen molar-refractivity contribution in [3.63, 3.8) is 0 Å². The van der Waals surface area contributed by atoms with Crippen LogP contribution >= 0.6 is 23.2 Å². The van der Waals surface area contributed by atoms with E-state index in [1.54, 1.807) is 25.2 Å². The molecule has 0 amide bonds. The molecule has 0 aliphatic carbocycles. The lowest BCUT2D eigenvalue weighted by atomic mass is 10.3. The molecule has 104 valence electrons. The highest BCUT2D eigenvalue weighted by atomic mass is 35.5. The molecule has 0 unspecified atom stereocenters. The third-order valence-electron chi connectivity index (χ3n) is 2.42. The first kappa shape index (κ1) is 14.4. The lowest BCUT2D eigenvalue weighted by Crippen LogP contribution is -1.99. The maximum Gasteiger partial charge on any atom is 0.331 e. The molecule has 1 aromatic heterocycles. The van der Waals surface area contributed by atoms with Crippen molar-refractivity contribution < 1.29 is 9.66 Å². The highest BCUT2D eigenvalue weighted by Crippen LogP contribution is 2.37. The Bertz CT molecular complexity index is 664. The summed E-state index contributed by atoms with van der Waals surface area (Å²) in [5.74, 6) is 0.470. The molecule has 0 atom stereocenters. The summed E-state index contributed by atoms with van der Waals surface area (Å²) < 4.78 is 5.42. The first-order chi connectivity index (χ1) is 9.52. The molecule has 0 saturated carbocycles. The lowest BCUT2D eigenvalue weighted by Gasteiger charge is -2.09. The van der Waals surface area contributed by atoms with Crippen molar-refractivity contribution in [2.24, 2.45) is 0 Å². The van der Waals surface area contributed by atoms with E-state index in [1.807, 2.05) is 0 Å². The normalized spacial score (nSPS) is 10.2. The largest absolute Gasteiger partial charge is 0.432 e. The Labute approximate surface area is 124 Å². The summed E-state index contributed by atoms with van der Waals surface area (Å²) in [4.78, 5) is 14.4. The number of halogens is 2. The first-order valence-corrected chi connectivity index (χ1v) is 6.23. The van der Waals surface area contributed by atoms with Gasteiger partial charge in [0.05, 0.1) is 9.95 Å². The van der Waals surface area contributed by atoms with E-state index in [2.05, 4.69) is 10.3 Å². The summed E-state index contributed by atoms with van der Waals surface area (Å²) in [5, 5.41) is 14.2. The summed E-state index contributed by atoms with van der Waals surface area (Å²) in [6.45, 7) is 0. The van der Waals surface area contributed by atoms with E-state index in [0.29, 0.717) is 5.82 Å². The molecule has 2 rings (SSSR count). The van der Waals surface area contributed by atoms with Gasteiger partial charge < -0.3 is 10.1 Å². The summed E-state index contributed by atoms with van der Waals surface area (Å²) in [7, 11) is 1.64. The summed E-state index contributed by atoms with van der Waals surface area (Å²) in [6.07, 6.45) is 0. The molecule has 0 aliphatic rings. The zero-order chi connectivity index (χ0) is 14.7. The molecule has 20 heavy (non-hydrogen) atoms. The van der Waals surface area contributed by atoms with Crippen LogP contribution in [-0.4, -0.2) is 17.0 Å². The van der Waals surface area contributed by atoms with E-state index in [9.17, 15) is 10.1 Å². The Morgan fingerprint density at radius 1 is 1.30 bits per heavy atom. The number of hydrogen-bond donors (Lipinski definition) is 1. The third kappa shape index (κ3) is 2.92. The minimum atomic E-state index is -0.583. The van der Waals surface area contributed by atoms with Crippen LogP contribution in [0.4, 0.5) is 11.5 Å². The highest BCUT2D eigenvalue weighted by Gasteiger charge is 2.19. The van der Waals surface area contributed by atoms with Crippen LogP contribution in [-0.2, 0) is 0 Å². The zero-order valence-corrected chi connectivity index (χ0v) is 11.8. The van der Waals surface area contributed by atoms with Gasteiger partial charge in [0.1, 0.15) is 16.6 Å². The second-order valence-electron chi connectivity index (χ2n) is 3.68. The standard InChI is InChI=1S/C12H9Cl2N3O3/c1-15-10-6-5-8(17(18)19)12(16-10)20-9-4-2-3-7(13)11(9)14/h2-6H,1H3,(H,15,16). The van der Waals surface area contributed by atoms with Gasteiger partial charge >= 0.3 is 11.6 Å². The smallest absolute Gasteiger partial charge is 0.331 e. The summed E-state index contributed by atoms with van der Waals surface area (Å²) in [5.41, 5.74) is -0.264. The van der Waals surface area contributed by atoms with E-state index in [-0.39, 0.29) is 27.4 Å². The van der Waals surface area contributed by atoms with Gasteiger partial charge in [0.2, 0.25) is 0 Å². The van der Waals surface area contributed by atoms with E-state index in [1.165, 1.54) is 12.1 Å². The number of nitrogens with zero attached hydrogens (tertiary/aromatic N) is 2. The van der Waals surface area contributed by atoms with Crippen molar-refractivity contribution in [2.45, 2.75) is 0 Å². The minimum Gasteiger partial charge on any atom is -0.432 e. The molecular formula is C12H9Cl2N3O3. The number of hydrogen-bond acceptors (Lipinski definition) is 5.